The SMILES string of the molecule is O=C(O)C1CCN(C(=O)c2nc(Cl)ccc2Cl)C1. The van der Waals surface area contributed by atoms with Crippen LogP contribution < -0.4 is 0 Å². The largest absolute Gasteiger partial charge is 0.481 e. The quantitative estimate of drug-likeness (QED) is 0.845. The monoisotopic (exact) mass is 288 g/mol. The van der Waals surface area contributed by atoms with Crippen molar-refractivity contribution >= 4 is 35.1 Å². The first kappa shape index (κ1) is 13.1. The van der Waals surface area contributed by atoms with Crippen LogP contribution in [0.2, 0.25) is 10.2 Å². The Bertz CT molecular complexity index is 507. The molecule has 96 valence electrons. The average Bonchev–Trinajstić information content (AvgIpc) is 2.81. The molecule has 2 heterocycles. The fourth-order valence-electron chi connectivity index (χ4n) is 1.86. The van der Waals surface area contributed by atoms with E-state index >= 15 is 0 Å². The highest BCUT2D eigenvalue weighted by molar-refractivity contribution is 6.34. The van der Waals surface area contributed by atoms with Crippen LogP contribution in [0.5, 0.6) is 0 Å². The van der Waals surface area contributed by atoms with Gasteiger partial charge in [-0.3, -0.25) is 9.59 Å². The van der Waals surface area contributed by atoms with Gasteiger partial charge in [0.25, 0.3) is 5.91 Å². The van der Waals surface area contributed by atoms with Crippen LogP contribution in [0, 0.1) is 5.92 Å². The molecule has 0 bridgehead atoms. The number of carbonyl (C=O) groups is 2. The summed E-state index contributed by atoms with van der Waals surface area (Å²) >= 11 is 11.6. The van der Waals surface area contributed by atoms with E-state index in [9.17, 15) is 9.59 Å². The number of nitrogens with zero attached hydrogens (tertiary/aromatic N) is 2. The minimum Gasteiger partial charge on any atom is -0.481 e. The molecule has 1 aromatic rings. The van der Waals surface area contributed by atoms with Gasteiger partial charge in [0.05, 0.1) is 10.9 Å². The maximum Gasteiger partial charge on any atom is 0.308 e. The third-order valence-corrected chi connectivity index (χ3v) is 3.35. The lowest BCUT2D eigenvalue weighted by atomic mass is 10.1. The Hall–Kier alpha value is -1.33. The second kappa shape index (κ2) is 5.12. The van der Waals surface area contributed by atoms with Crippen molar-refractivity contribution < 1.29 is 14.7 Å². The molecule has 1 aliphatic rings. The van der Waals surface area contributed by atoms with Gasteiger partial charge in [0.1, 0.15) is 10.8 Å². The van der Waals surface area contributed by atoms with Gasteiger partial charge in [0.2, 0.25) is 0 Å². The summed E-state index contributed by atoms with van der Waals surface area (Å²) in [6.07, 6.45) is 0.444. The summed E-state index contributed by atoms with van der Waals surface area (Å²) in [5, 5.41) is 9.27. The molecular formula is C11H10Cl2N2O3. The molecule has 0 radical (unpaired) electrons. The first-order valence-corrected chi connectivity index (χ1v) is 6.08. The number of carboxylic acids is 1. The molecule has 0 spiro atoms. The van der Waals surface area contributed by atoms with Crippen molar-refractivity contribution in [3.8, 4) is 0 Å². The number of hydrogen-bond donors (Lipinski definition) is 1. The molecule has 1 aromatic heterocycles. The van der Waals surface area contributed by atoms with E-state index in [1.54, 1.807) is 0 Å². The zero-order valence-electron chi connectivity index (χ0n) is 9.27. The number of halogens is 2. The van der Waals surface area contributed by atoms with E-state index < -0.39 is 11.9 Å². The van der Waals surface area contributed by atoms with Gasteiger partial charge in [-0.2, -0.15) is 0 Å². The summed E-state index contributed by atoms with van der Waals surface area (Å²) in [6, 6.07) is 2.99. The van der Waals surface area contributed by atoms with Crippen molar-refractivity contribution in [2.24, 2.45) is 5.92 Å². The number of rotatable bonds is 2. The van der Waals surface area contributed by atoms with Crippen LogP contribution in [0.3, 0.4) is 0 Å². The molecule has 7 heteroatoms. The number of pyridine rings is 1. The molecule has 1 N–H and O–H groups in total. The highest BCUT2D eigenvalue weighted by Crippen LogP contribution is 2.22. The zero-order chi connectivity index (χ0) is 13.3. The van der Waals surface area contributed by atoms with Gasteiger partial charge in [-0.25, -0.2) is 4.98 Å². The molecule has 1 fully saturated rings. The van der Waals surface area contributed by atoms with Crippen LogP contribution in [0.15, 0.2) is 12.1 Å². The van der Waals surface area contributed by atoms with E-state index in [0.717, 1.165) is 0 Å². The van der Waals surface area contributed by atoms with Crippen LogP contribution >= 0.6 is 23.2 Å². The van der Waals surface area contributed by atoms with Gasteiger partial charge < -0.3 is 10.0 Å². The molecule has 18 heavy (non-hydrogen) atoms. The second-order valence-electron chi connectivity index (χ2n) is 4.04. The Kier molecular flexibility index (Phi) is 3.73. The smallest absolute Gasteiger partial charge is 0.308 e. The molecule has 1 atom stereocenters. The van der Waals surface area contributed by atoms with Gasteiger partial charge in [0.15, 0.2) is 0 Å². The Labute approximate surface area is 113 Å². The molecule has 1 unspecified atom stereocenters. The van der Waals surface area contributed by atoms with E-state index in [4.69, 9.17) is 28.3 Å². The Morgan fingerprint density at radius 1 is 1.39 bits per heavy atom. The predicted molar refractivity (Wildman–Crippen MR) is 65.9 cm³/mol. The molecular weight excluding hydrogens is 279 g/mol. The van der Waals surface area contributed by atoms with Crippen LogP contribution in [-0.4, -0.2) is 40.0 Å². The summed E-state index contributed by atoms with van der Waals surface area (Å²) < 4.78 is 0. The minimum atomic E-state index is -0.893. The standard InChI is InChI=1S/C11H10Cl2N2O3/c12-7-1-2-8(13)14-9(7)10(16)15-4-3-6(5-15)11(17)18/h1-2,6H,3-5H2,(H,17,18). The molecule has 0 aromatic carbocycles. The number of likely N-dealkylation sites (tertiary alicyclic amines) is 1. The summed E-state index contributed by atoms with van der Waals surface area (Å²) in [5.74, 6) is -1.80. The normalized spacial score (nSPS) is 19.0. The molecule has 0 aliphatic carbocycles. The fraction of sp³-hybridized carbons (Fsp3) is 0.364. The lowest BCUT2D eigenvalue weighted by Crippen LogP contribution is -2.30. The number of aromatic nitrogens is 1. The lowest BCUT2D eigenvalue weighted by Gasteiger charge is -2.15. The fourth-order valence-corrected chi connectivity index (χ4v) is 2.20. The minimum absolute atomic E-state index is 0.0650. The number of carbonyl (C=O) groups excluding carboxylic acids is 1. The van der Waals surface area contributed by atoms with Gasteiger partial charge in [-0.05, 0) is 18.6 Å². The van der Waals surface area contributed by atoms with E-state index in [1.165, 1.54) is 17.0 Å². The summed E-state index contributed by atoms with van der Waals surface area (Å²) in [4.78, 5) is 28.3. The molecule has 2 rings (SSSR count). The summed E-state index contributed by atoms with van der Waals surface area (Å²) in [7, 11) is 0. The molecule has 1 saturated heterocycles. The highest BCUT2D eigenvalue weighted by Gasteiger charge is 2.32. The Morgan fingerprint density at radius 2 is 2.11 bits per heavy atom. The lowest BCUT2D eigenvalue weighted by molar-refractivity contribution is -0.141. The van der Waals surface area contributed by atoms with Crippen molar-refractivity contribution in [3.05, 3.63) is 28.0 Å². The van der Waals surface area contributed by atoms with Crippen LogP contribution in [-0.2, 0) is 4.79 Å². The third kappa shape index (κ3) is 2.57. The number of carboxylic acid groups (broad SMARTS) is 1. The number of hydrogen-bond acceptors (Lipinski definition) is 3. The van der Waals surface area contributed by atoms with Crippen molar-refractivity contribution in [1.82, 2.24) is 9.88 Å². The zero-order valence-corrected chi connectivity index (χ0v) is 10.8. The molecule has 5 nitrogen and oxygen atoms in total. The summed E-state index contributed by atoms with van der Waals surface area (Å²) in [5.41, 5.74) is 0.0650. The van der Waals surface area contributed by atoms with Crippen molar-refractivity contribution in [1.29, 1.82) is 0 Å². The molecule has 0 saturated carbocycles. The number of amides is 1. The van der Waals surface area contributed by atoms with Gasteiger partial charge in [-0.15, -0.1) is 0 Å². The molecule has 1 amide bonds. The Morgan fingerprint density at radius 3 is 2.72 bits per heavy atom. The highest BCUT2D eigenvalue weighted by atomic mass is 35.5. The number of aliphatic carboxylic acids is 1. The van der Waals surface area contributed by atoms with E-state index in [1.807, 2.05) is 0 Å². The van der Waals surface area contributed by atoms with Crippen LogP contribution in [0.1, 0.15) is 16.9 Å². The van der Waals surface area contributed by atoms with Crippen LogP contribution in [0.25, 0.3) is 0 Å². The maximum absolute atomic E-state index is 12.1. The Balaban J connectivity index is 2.17. The van der Waals surface area contributed by atoms with Gasteiger partial charge in [0, 0.05) is 13.1 Å². The van der Waals surface area contributed by atoms with Crippen LogP contribution in [0.4, 0.5) is 0 Å². The first-order chi connectivity index (χ1) is 8.49. The van der Waals surface area contributed by atoms with Crippen molar-refractivity contribution in [2.75, 3.05) is 13.1 Å². The second-order valence-corrected chi connectivity index (χ2v) is 4.83. The van der Waals surface area contributed by atoms with Gasteiger partial charge in [-0.1, -0.05) is 23.2 Å². The topological polar surface area (TPSA) is 70.5 Å². The first-order valence-electron chi connectivity index (χ1n) is 5.33. The van der Waals surface area contributed by atoms with E-state index in [-0.39, 0.29) is 28.3 Å². The van der Waals surface area contributed by atoms with Gasteiger partial charge >= 0.3 is 5.97 Å². The van der Waals surface area contributed by atoms with Crippen molar-refractivity contribution in [3.63, 3.8) is 0 Å². The van der Waals surface area contributed by atoms with E-state index in [2.05, 4.69) is 4.98 Å². The molecule has 1 aliphatic heterocycles. The maximum atomic E-state index is 12.1. The van der Waals surface area contributed by atoms with Crippen molar-refractivity contribution in [2.45, 2.75) is 6.42 Å². The van der Waals surface area contributed by atoms with E-state index in [0.29, 0.717) is 13.0 Å². The summed E-state index contributed by atoms with van der Waals surface area (Å²) in [6.45, 7) is 0.568. The predicted octanol–water partition coefficient (Wildman–Crippen LogP) is 1.94. The third-order valence-electron chi connectivity index (χ3n) is 2.84. The average molecular weight is 289 g/mol.